The van der Waals surface area contributed by atoms with E-state index >= 15 is 0 Å². The monoisotopic (exact) mass is 266 g/mol. The number of carbonyl (C=O) groups is 1. The van der Waals surface area contributed by atoms with Crippen molar-refractivity contribution in [1.29, 1.82) is 0 Å². The molecule has 0 N–H and O–H groups in total. The van der Waals surface area contributed by atoms with E-state index in [1.807, 2.05) is 0 Å². The van der Waals surface area contributed by atoms with Crippen LogP contribution in [0.2, 0.25) is 0 Å². The normalized spacial score (nSPS) is 10.7. The van der Waals surface area contributed by atoms with Gasteiger partial charge in [-0.1, -0.05) is 0 Å². The van der Waals surface area contributed by atoms with Crippen LogP contribution >= 0.6 is 15.9 Å². The molecular weight excluding hydrogens is 261 g/mol. The summed E-state index contributed by atoms with van der Waals surface area (Å²) in [6, 6.07) is 1.82. The first-order valence-corrected chi connectivity index (χ1v) is 4.51. The first-order chi connectivity index (χ1) is 6.45. The van der Waals surface area contributed by atoms with Gasteiger partial charge in [-0.05, 0) is 35.0 Å². The largest absolute Gasteiger partial charge is 0.294 e. The lowest BCUT2D eigenvalue weighted by Gasteiger charge is -2.07. The highest BCUT2D eigenvalue weighted by molar-refractivity contribution is 9.10. The van der Waals surface area contributed by atoms with E-state index in [9.17, 15) is 18.0 Å². The Bertz CT molecular complexity index is 377. The molecule has 0 spiro atoms. The Morgan fingerprint density at radius 3 is 2.43 bits per heavy atom. The van der Waals surface area contributed by atoms with Crippen molar-refractivity contribution < 1.29 is 18.0 Å². The average Bonchev–Trinajstić information content (AvgIpc) is 2.02. The second-order valence-corrected chi connectivity index (χ2v) is 3.48. The zero-order chi connectivity index (χ0) is 10.9. The maximum atomic E-state index is 13.0. The Kier molecular flexibility index (Phi) is 3.31. The molecule has 14 heavy (non-hydrogen) atoms. The summed E-state index contributed by atoms with van der Waals surface area (Å²) in [6.07, 6.45) is -2.73. The Labute approximate surface area is 87.1 Å². The maximum absolute atomic E-state index is 13.0. The lowest BCUT2D eigenvalue weighted by Crippen LogP contribution is -2.01. The van der Waals surface area contributed by atoms with Gasteiger partial charge >= 0.3 is 0 Å². The van der Waals surface area contributed by atoms with Crippen molar-refractivity contribution in [3.63, 3.8) is 0 Å². The van der Waals surface area contributed by atoms with Gasteiger partial charge < -0.3 is 0 Å². The first-order valence-electron chi connectivity index (χ1n) is 3.72. The molecule has 0 saturated carbocycles. The summed E-state index contributed by atoms with van der Waals surface area (Å²) < 4.78 is 37.6. The fourth-order valence-corrected chi connectivity index (χ4v) is 1.83. The SMILES string of the molecule is CC(=O)c1c(F)ccc(C(F)F)c1Br. The Balaban J connectivity index is 3.41. The number of hydrogen-bond donors (Lipinski definition) is 0. The molecule has 0 aliphatic heterocycles. The Hall–Kier alpha value is -0.840. The molecule has 0 unspecified atom stereocenters. The van der Waals surface area contributed by atoms with Crippen molar-refractivity contribution in [2.24, 2.45) is 0 Å². The first kappa shape index (κ1) is 11.2. The van der Waals surface area contributed by atoms with Crippen LogP contribution in [0.5, 0.6) is 0 Å². The van der Waals surface area contributed by atoms with Crippen molar-refractivity contribution in [1.82, 2.24) is 0 Å². The van der Waals surface area contributed by atoms with Gasteiger partial charge in [-0.25, -0.2) is 13.2 Å². The fraction of sp³-hybridized carbons (Fsp3) is 0.222. The molecule has 1 nitrogen and oxygen atoms in total. The molecule has 0 bridgehead atoms. The third kappa shape index (κ3) is 1.97. The molecule has 0 aliphatic rings. The van der Waals surface area contributed by atoms with Gasteiger partial charge in [0.1, 0.15) is 5.82 Å². The Morgan fingerprint density at radius 2 is 2.00 bits per heavy atom. The van der Waals surface area contributed by atoms with E-state index in [-0.39, 0.29) is 15.6 Å². The summed E-state index contributed by atoms with van der Waals surface area (Å²) in [5.74, 6) is -1.38. The quantitative estimate of drug-likeness (QED) is 0.746. The fourth-order valence-electron chi connectivity index (χ4n) is 1.06. The van der Waals surface area contributed by atoms with Crippen LogP contribution in [0.4, 0.5) is 13.2 Å². The van der Waals surface area contributed by atoms with Gasteiger partial charge in [0, 0.05) is 10.0 Å². The van der Waals surface area contributed by atoms with Gasteiger partial charge in [0.25, 0.3) is 6.43 Å². The van der Waals surface area contributed by atoms with E-state index in [1.165, 1.54) is 0 Å². The molecule has 1 aromatic rings. The van der Waals surface area contributed by atoms with Crippen LogP contribution in [0.1, 0.15) is 29.3 Å². The van der Waals surface area contributed by atoms with Gasteiger partial charge in [0.05, 0.1) is 5.56 Å². The molecule has 1 aromatic carbocycles. The van der Waals surface area contributed by atoms with Gasteiger partial charge in [0.2, 0.25) is 0 Å². The van der Waals surface area contributed by atoms with Crippen molar-refractivity contribution in [2.75, 3.05) is 0 Å². The summed E-state index contributed by atoms with van der Waals surface area (Å²) in [4.78, 5) is 10.9. The van der Waals surface area contributed by atoms with Gasteiger partial charge in [0.15, 0.2) is 5.78 Å². The van der Waals surface area contributed by atoms with E-state index in [4.69, 9.17) is 0 Å². The average molecular weight is 267 g/mol. The van der Waals surface area contributed by atoms with Crippen molar-refractivity contribution in [3.8, 4) is 0 Å². The number of Topliss-reactive ketones (excluding diaryl/α,β-unsaturated/α-hetero) is 1. The van der Waals surface area contributed by atoms with Crippen LogP contribution in [0, 0.1) is 5.82 Å². The number of alkyl halides is 2. The zero-order valence-electron chi connectivity index (χ0n) is 7.15. The number of halogens is 4. The van der Waals surface area contributed by atoms with Crippen molar-refractivity contribution in [3.05, 3.63) is 33.5 Å². The van der Waals surface area contributed by atoms with Gasteiger partial charge in [-0.3, -0.25) is 4.79 Å². The molecule has 0 amide bonds. The molecule has 0 saturated heterocycles. The Morgan fingerprint density at radius 1 is 1.43 bits per heavy atom. The van der Waals surface area contributed by atoms with Crippen LogP contribution < -0.4 is 0 Å². The second-order valence-electron chi connectivity index (χ2n) is 2.68. The van der Waals surface area contributed by atoms with E-state index in [0.29, 0.717) is 0 Å². The topological polar surface area (TPSA) is 17.1 Å². The standard InChI is InChI=1S/C9H6BrF3O/c1-4(14)7-6(11)3-2-5(8(7)10)9(12)13/h2-3,9H,1H3. The smallest absolute Gasteiger partial charge is 0.264 e. The summed E-state index contributed by atoms with van der Waals surface area (Å²) in [6.45, 7) is 1.12. The number of rotatable bonds is 2. The number of carbonyl (C=O) groups excluding carboxylic acids is 1. The molecule has 1 rings (SSSR count). The molecule has 0 heterocycles. The zero-order valence-corrected chi connectivity index (χ0v) is 8.74. The van der Waals surface area contributed by atoms with Crippen LogP contribution in [0.3, 0.4) is 0 Å². The third-order valence-corrected chi connectivity index (χ3v) is 2.56. The van der Waals surface area contributed by atoms with Crippen LogP contribution in [0.15, 0.2) is 16.6 Å². The number of benzene rings is 1. The molecule has 0 atom stereocenters. The minimum atomic E-state index is -2.73. The molecule has 0 aliphatic carbocycles. The summed E-state index contributed by atoms with van der Waals surface area (Å²) in [5.41, 5.74) is -0.709. The van der Waals surface area contributed by atoms with Crippen molar-refractivity contribution in [2.45, 2.75) is 13.3 Å². The van der Waals surface area contributed by atoms with E-state index in [2.05, 4.69) is 15.9 Å². The predicted molar refractivity (Wildman–Crippen MR) is 49.1 cm³/mol. The number of hydrogen-bond acceptors (Lipinski definition) is 1. The van der Waals surface area contributed by atoms with E-state index in [1.54, 1.807) is 0 Å². The highest BCUT2D eigenvalue weighted by Gasteiger charge is 2.19. The van der Waals surface area contributed by atoms with Crippen LogP contribution in [-0.2, 0) is 0 Å². The lowest BCUT2D eigenvalue weighted by molar-refractivity contribution is 0.101. The van der Waals surface area contributed by atoms with Gasteiger partial charge in [-0.15, -0.1) is 0 Å². The van der Waals surface area contributed by atoms with E-state index < -0.39 is 18.0 Å². The summed E-state index contributed by atoms with van der Waals surface area (Å²) in [7, 11) is 0. The molecule has 0 radical (unpaired) electrons. The number of ketones is 1. The van der Waals surface area contributed by atoms with Gasteiger partial charge in [-0.2, -0.15) is 0 Å². The summed E-state index contributed by atoms with van der Waals surface area (Å²) in [5, 5.41) is 0. The van der Waals surface area contributed by atoms with E-state index in [0.717, 1.165) is 19.1 Å². The molecule has 0 fully saturated rings. The van der Waals surface area contributed by atoms with Crippen LogP contribution in [0.25, 0.3) is 0 Å². The maximum Gasteiger partial charge on any atom is 0.264 e. The minimum Gasteiger partial charge on any atom is -0.294 e. The predicted octanol–water partition coefficient (Wildman–Crippen LogP) is 3.73. The third-order valence-electron chi connectivity index (χ3n) is 1.71. The molecular formula is C9H6BrF3O. The van der Waals surface area contributed by atoms with Crippen LogP contribution in [-0.4, -0.2) is 5.78 Å². The molecule has 0 aromatic heterocycles. The highest BCUT2D eigenvalue weighted by atomic mass is 79.9. The molecule has 5 heteroatoms. The minimum absolute atomic E-state index is 0.167. The summed E-state index contributed by atoms with van der Waals surface area (Å²) >= 11 is 2.79. The molecule has 76 valence electrons. The van der Waals surface area contributed by atoms with Crippen molar-refractivity contribution >= 4 is 21.7 Å². The lowest BCUT2D eigenvalue weighted by atomic mass is 10.1. The second kappa shape index (κ2) is 4.13. The highest BCUT2D eigenvalue weighted by Crippen LogP contribution is 2.31.